The van der Waals surface area contributed by atoms with E-state index in [2.05, 4.69) is 34.6 Å². The molecule has 5 aliphatic carbocycles. The lowest BCUT2D eigenvalue weighted by Crippen LogP contribution is -2.60. The number of amides is 1. The van der Waals surface area contributed by atoms with Crippen molar-refractivity contribution in [3.63, 3.8) is 0 Å². The number of aliphatic hydroxyl groups excluding tert-OH is 2. The quantitative estimate of drug-likeness (QED) is 0.381. The lowest BCUT2D eigenvalue weighted by atomic mass is 9.41. The van der Waals surface area contributed by atoms with Crippen LogP contribution in [0.15, 0.2) is 22.8 Å². The van der Waals surface area contributed by atoms with Gasteiger partial charge in [-0.05, 0) is 123 Å². The monoisotopic (exact) mass is 669 g/mol. The fourth-order valence-corrected chi connectivity index (χ4v) is 13.8. The van der Waals surface area contributed by atoms with Gasteiger partial charge in [0.1, 0.15) is 6.10 Å². The van der Waals surface area contributed by atoms with E-state index in [9.17, 15) is 20.1 Å². The second kappa shape index (κ2) is 10.8. The molecular weight excluding hydrogens is 610 g/mol. The molecule has 1 aromatic heterocycles. The van der Waals surface area contributed by atoms with E-state index >= 15 is 0 Å². The summed E-state index contributed by atoms with van der Waals surface area (Å²) in [7, 11) is 0. The molecule has 9 heteroatoms. The molecule has 48 heavy (non-hydrogen) atoms. The number of morpholine rings is 1. The number of fused-ring (bicyclic) bond motifs is 4. The Morgan fingerprint density at radius 1 is 1.08 bits per heavy atom. The highest BCUT2D eigenvalue weighted by Crippen LogP contribution is 2.89. The normalized spacial score (nSPS) is 50.0. The molecule has 0 radical (unpaired) electrons. The molecular formula is C39H59NO8. The van der Waals surface area contributed by atoms with Gasteiger partial charge in [0.25, 0.3) is 5.91 Å². The zero-order valence-corrected chi connectivity index (χ0v) is 30.1. The number of aliphatic hydroxyl groups is 3. The van der Waals surface area contributed by atoms with Gasteiger partial charge in [0.2, 0.25) is 0 Å². The van der Waals surface area contributed by atoms with Crippen LogP contribution >= 0.6 is 0 Å². The van der Waals surface area contributed by atoms with Crippen LogP contribution in [-0.4, -0.2) is 88.2 Å². The van der Waals surface area contributed by atoms with Crippen LogP contribution < -0.4 is 0 Å². The molecule has 1 aromatic rings. The van der Waals surface area contributed by atoms with E-state index in [0.717, 1.165) is 32.1 Å². The van der Waals surface area contributed by atoms with Crippen LogP contribution in [0.1, 0.15) is 110 Å². The van der Waals surface area contributed by atoms with E-state index in [1.54, 1.807) is 30.9 Å². The largest absolute Gasteiger partial charge is 0.459 e. The molecule has 2 spiro atoms. The molecule has 8 rings (SSSR count). The van der Waals surface area contributed by atoms with Gasteiger partial charge in [-0.15, -0.1) is 0 Å². The number of nitrogens with zero attached hydrogens (tertiary/aromatic N) is 1. The second-order valence-electron chi connectivity index (χ2n) is 18.8. The molecule has 7 fully saturated rings. The first-order chi connectivity index (χ1) is 22.5. The second-order valence-corrected chi connectivity index (χ2v) is 18.8. The Morgan fingerprint density at radius 2 is 1.81 bits per heavy atom. The summed E-state index contributed by atoms with van der Waals surface area (Å²) in [5.41, 5.74) is -1.16. The summed E-state index contributed by atoms with van der Waals surface area (Å²) in [6.07, 6.45) is 7.26. The van der Waals surface area contributed by atoms with Gasteiger partial charge in [0, 0.05) is 12.0 Å². The maximum Gasteiger partial charge on any atom is 0.289 e. The maximum atomic E-state index is 13.0. The van der Waals surface area contributed by atoms with Crippen LogP contribution in [-0.2, 0) is 14.2 Å². The number of furan rings is 1. The molecule has 3 heterocycles. The van der Waals surface area contributed by atoms with Gasteiger partial charge in [-0.3, -0.25) is 4.79 Å². The van der Waals surface area contributed by atoms with Gasteiger partial charge in [0.15, 0.2) is 12.1 Å². The summed E-state index contributed by atoms with van der Waals surface area (Å²) in [5, 5.41) is 34.1. The minimum atomic E-state index is -1.26. The van der Waals surface area contributed by atoms with Crippen molar-refractivity contribution < 1.29 is 38.7 Å². The van der Waals surface area contributed by atoms with Gasteiger partial charge in [-0.1, -0.05) is 34.6 Å². The highest BCUT2D eigenvalue weighted by molar-refractivity contribution is 5.91. The van der Waals surface area contributed by atoms with Crippen LogP contribution in [0.2, 0.25) is 0 Å². The highest BCUT2D eigenvalue weighted by atomic mass is 16.7. The Bertz CT molecular complexity index is 1410. The molecule has 0 aromatic carbocycles. The van der Waals surface area contributed by atoms with Gasteiger partial charge in [-0.25, -0.2) is 0 Å². The van der Waals surface area contributed by atoms with Crippen molar-refractivity contribution in [2.45, 2.75) is 142 Å². The van der Waals surface area contributed by atoms with Crippen LogP contribution in [0.25, 0.3) is 0 Å². The first-order valence-electron chi connectivity index (χ1n) is 18.8. The number of rotatable bonds is 5. The fraction of sp³-hybridized carbons (Fsp3) is 0.872. The van der Waals surface area contributed by atoms with Crippen molar-refractivity contribution in [3.8, 4) is 0 Å². The SMILES string of the molecule is C[C@@H]1CC([C@H](O)C(C)(C)O)OC2[C@H]1C1(C)CCC34CC35CCC(OC3CN(C(=O)c6ccco6)CCO3)C(C)(C)[C@@H]5CCC4[C@]1(C)[C@H]2O. The van der Waals surface area contributed by atoms with Crippen LogP contribution in [0.5, 0.6) is 0 Å². The predicted molar refractivity (Wildman–Crippen MR) is 178 cm³/mol. The number of carbonyl (C=O) groups excluding carboxylic acids is 1. The average molecular weight is 670 g/mol. The Hall–Kier alpha value is -1.49. The third kappa shape index (κ3) is 4.33. The standard InChI is InChI=1S/C39H59NO8/c1-22-19-24(31(41)35(4,5)44)47-30-29(22)36(6)14-15-39-21-38(39)13-12-27(34(2,3)25(38)10-11-26(39)37(36,7)32(30)42)48-28-20-40(16-18-46-28)33(43)23-9-8-17-45-23/h8-9,17,22,24-32,41-42,44H,10-16,18-21H2,1-7H3/t22-,24?,25+,26?,27?,28?,29+,30?,31+,32+,36?,37-,38?,39?/m1/s1. The number of ether oxygens (including phenoxy) is 3. The van der Waals surface area contributed by atoms with E-state index in [1.165, 1.54) is 19.1 Å². The van der Waals surface area contributed by atoms with Gasteiger partial charge < -0.3 is 38.8 Å². The van der Waals surface area contributed by atoms with E-state index in [0.29, 0.717) is 43.7 Å². The number of carbonyl (C=O) groups is 1. The molecule has 268 valence electrons. The van der Waals surface area contributed by atoms with Crippen molar-refractivity contribution in [1.29, 1.82) is 0 Å². The maximum absolute atomic E-state index is 13.0. The highest BCUT2D eigenvalue weighted by Gasteiger charge is 2.84. The molecule has 9 nitrogen and oxygen atoms in total. The summed E-state index contributed by atoms with van der Waals surface area (Å²) in [6, 6.07) is 3.45. The third-order valence-electron chi connectivity index (χ3n) is 16.2. The van der Waals surface area contributed by atoms with Gasteiger partial charge in [0.05, 0.1) is 49.4 Å². The van der Waals surface area contributed by atoms with E-state index in [-0.39, 0.29) is 57.0 Å². The van der Waals surface area contributed by atoms with Crippen molar-refractivity contribution in [2.75, 3.05) is 19.7 Å². The predicted octanol–water partition coefficient (Wildman–Crippen LogP) is 5.41. The minimum Gasteiger partial charge on any atom is -0.459 e. The van der Waals surface area contributed by atoms with Gasteiger partial charge >= 0.3 is 0 Å². The summed E-state index contributed by atoms with van der Waals surface area (Å²) < 4.78 is 24.9. The third-order valence-corrected chi connectivity index (χ3v) is 16.2. The van der Waals surface area contributed by atoms with Crippen molar-refractivity contribution >= 4 is 5.91 Å². The lowest BCUT2D eigenvalue weighted by Gasteiger charge is -2.64. The molecule has 5 saturated carbocycles. The smallest absolute Gasteiger partial charge is 0.289 e. The minimum absolute atomic E-state index is 0.0451. The first kappa shape index (κ1) is 33.6. The van der Waals surface area contributed by atoms with Crippen LogP contribution in [0.3, 0.4) is 0 Å². The zero-order chi connectivity index (χ0) is 34.2. The summed E-state index contributed by atoms with van der Waals surface area (Å²) in [5.74, 6) is 1.69. The van der Waals surface area contributed by atoms with Crippen molar-refractivity contribution in [1.82, 2.24) is 4.90 Å². The van der Waals surface area contributed by atoms with E-state index < -0.39 is 30.2 Å². The summed E-state index contributed by atoms with van der Waals surface area (Å²) >= 11 is 0. The van der Waals surface area contributed by atoms with Crippen LogP contribution in [0.4, 0.5) is 0 Å². The lowest BCUT2D eigenvalue weighted by molar-refractivity contribution is -0.245. The average Bonchev–Trinajstić information content (AvgIpc) is 3.29. The fourth-order valence-electron chi connectivity index (χ4n) is 13.8. The summed E-state index contributed by atoms with van der Waals surface area (Å²) in [6.45, 7) is 16.6. The molecule has 1 amide bonds. The van der Waals surface area contributed by atoms with E-state index in [1.807, 2.05) is 0 Å². The molecule has 2 saturated heterocycles. The molecule has 8 unspecified atom stereocenters. The molecule has 3 N–H and O–H groups in total. The Balaban J connectivity index is 1.01. The molecule has 14 atom stereocenters. The summed E-state index contributed by atoms with van der Waals surface area (Å²) in [4.78, 5) is 14.8. The number of hydrogen-bond donors (Lipinski definition) is 3. The Morgan fingerprint density at radius 3 is 2.52 bits per heavy atom. The van der Waals surface area contributed by atoms with Crippen molar-refractivity contribution in [3.05, 3.63) is 24.2 Å². The zero-order valence-electron chi connectivity index (χ0n) is 30.1. The molecule has 0 bridgehead atoms. The van der Waals surface area contributed by atoms with E-state index in [4.69, 9.17) is 18.6 Å². The number of hydrogen-bond acceptors (Lipinski definition) is 8. The van der Waals surface area contributed by atoms with Gasteiger partial charge in [-0.2, -0.15) is 0 Å². The topological polar surface area (TPSA) is 122 Å². The molecule has 2 aliphatic heterocycles. The first-order valence-corrected chi connectivity index (χ1v) is 18.8. The Labute approximate surface area is 286 Å². The van der Waals surface area contributed by atoms with Crippen LogP contribution in [0, 0.1) is 50.7 Å². The Kier molecular flexibility index (Phi) is 7.55. The molecule has 7 aliphatic rings. The van der Waals surface area contributed by atoms with Crippen molar-refractivity contribution in [2.24, 2.45) is 50.7 Å².